The summed E-state index contributed by atoms with van der Waals surface area (Å²) in [6.07, 6.45) is 8.40. The topological polar surface area (TPSA) is 67.3 Å². The van der Waals surface area contributed by atoms with Crippen molar-refractivity contribution in [3.63, 3.8) is 0 Å². The van der Waals surface area contributed by atoms with Gasteiger partial charge in [0.2, 0.25) is 0 Å². The quantitative estimate of drug-likeness (QED) is 0.917. The molecule has 0 atom stereocenters. The molecule has 6 heteroatoms. The number of hydrogen-bond donors (Lipinski definition) is 1. The van der Waals surface area contributed by atoms with Crippen molar-refractivity contribution in [2.45, 2.75) is 64.2 Å². The summed E-state index contributed by atoms with van der Waals surface area (Å²) in [7, 11) is 0. The van der Waals surface area contributed by atoms with E-state index in [4.69, 9.17) is 9.63 Å². The van der Waals surface area contributed by atoms with Crippen LogP contribution in [0.1, 0.15) is 60.7 Å². The number of aromatic nitrogens is 3. The number of aliphatic hydroxyl groups excluding tert-OH is 1. The highest BCUT2D eigenvalue weighted by Gasteiger charge is 2.25. The van der Waals surface area contributed by atoms with Crippen LogP contribution in [0.2, 0.25) is 0 Å². The van der Waals surface area contributed by atoms with Crippen molar-refractivity contribution >= 4 is 0 Å². The first-order chi connectivity index (χ1) is 11.3. The standard InChI is InChI=1S/C17H24N4O2/c22-7-6-21-17-12-20(10-14(17)9-18-21)11-15-8-16(19-23-15)13-4-2-1-3-5-13/h8-9,13,22H,1-7,10-12H2. The van der Waals surface area contributed by atoms with Gasteiger partial charge in [-0.3, -0.25) is 9.58 Å². The van der Waals surface area contributed by atoms with Gasteiger partial charge in [-0.15, -0.1) is 0 Å². The van der Waals surface area contributed by atoms with E-state index in [-0.39, 0.29) is 6.61 Å². The molecule has 1 aliphatic carbocycles. The molecule has 1 aliphatic heterocycles. The van der Waals surface area contributed by atoms with E-state index in [9.17, 15) is 0 Å². The predicted molar refractivity (Wildman–Crippen MR) is 84.6 cm³/mol. The summed E-state index contributed by atoms with van der Waals surface area (Å²) in [4.78, 5) is 2.34. The van der Waals surface area contributed by atoms with E-state index in [2.05, 4.69) is 21.2 Å². The van der Waals surface area contributed by atoms with Gasteiger partial charge in [0, 0.05) is 30.6 Å². The van der Waals surface area contributed by atoms with Gasteiger partial charge in [0.25, 0.3) is 0 Å². The molecule has 2 aliphatic rings. The van der Waals surface area contributed by atoms with Gasteiger partial charge in [0.1, 0.15) is 0 Å². The number of hydrogen-bond acceptors (Lipinski definition) is 5. The molecule has 0 unspecified atom stereocenters. The minimum absolute atomic E-state index is 0.126. The van der Waals surface area contributed by atoms with Crippen molar-refractivity contribution in [3.05, 3.63) is 35.0 Å². The fourth-order valence-electron chi connectivity index (χ4n) is 3.89. The second-order valence-corrected chi connectivity index (χ2v) is 6.76. The molecule has 0 radical (unpaired) electrons. The second-order valence-electron chi connectivity index (χ2n) is 6.76. The van der Waals surface area contributed by atoms with Gasteiger partial charge in [0.15, 0.2) is 5.76 Å². The average Bonchev–Trinajstić information content (AvgIpc) is 3.27. The minimum atomic E-state index is 0.126. The van der Waals surface area contributed by atoms with Gasteiger partial charge in [-0.2, -0.15) is 5.10 Å². The fraction of sp³-hybridized carbons (Fsp3) is 0.647. The van der Waals surface area contributed by atoms with Crippen LogP contribution in [-0.2, 0) is 26.2 Å². The van der Waals surface area contributed by atoms with E-state index in [0.717, 1.165) is 31.1 Å². The highest BCUT2D eigenvalue weighted by atomic mass is 16.5. The van der Waals surface area contributed by atoms with E-state index in [1.165, 1.54) is 43.4 Å². The molecule has 23 heavy (non-hydrogen) atoms. The van der Waals surface area contributed by atoms with Crippen LogP contribution in [-0.4, -0.2) is 31.6 Å². The van der Waals surface area contributed by atoms with Crippen LogP contribution < -0.4 is 0 Å². The molecule has 1 saturated carbocycles. The van der Waals surface area contributed by atoms with Crippen LogP contribution in [0.4, 0.5) is 0 Å². The molecule has 0 aromatic carbocycles. The number of nitrogens with zero attached hydrogens (tertiary/aromatic N) is 4. The van der Waals surface area contributed by atoms with Gasteiger partial charge >= 0.3 is 0 Å². The highest BCUT2D eigenvalue weighted by molar-refractivity contribution is 5.22. The Hall–Kier alpha value is -1.66. The molecule has 0 saturated heterocycles. The molecule has 0 amide bonds. The zero-order chi connectivity index (χ0) is 15.6. The molecule has 0 bridgehead atoms. The van der Waals surface area contributed by atoms with Gasteiger partial charge in [-0.05, 0) is 12.8 Å². The summed E-state index contributed by atoms with van der Waals surface area (Å²) in [5, 5.41) is 17.7. The van der Waals surface area contributed by atoms with E-state index in [0.29, 0.717) is 12.5 Å². The molecule has 6 nitrogen and oxygen atoms in total. The lowest BCUT2D eigenvalue weighted by Gasteiger charge is -2.18. The van der Waals surface area contributed by atoms with Crippen molar-refractivity contribution in [2.75, 3.05) is 6.61 Å². The van der Waals surface area contributed by atoms with Crippen molar-refractivity contribution in [2.24, 2.45) is 0 Å². The van der Waals surface area contributed by atoms with E-state index >= 15 is 0 Å². The van der Waals surface area contributed by atoms with Crippen LogP contribution in [0.15, 0.2) is 16.8 Å². The van der Waals surface area contributed by atoms with Crippen LogP contribution in [0.3, 0.4) is 0 Å². The summed E-state index contributed by atoms with van der Waals surface area (Å²) < 4.78 is 7.48. The Bertz CT molecular complexity index is 657. The smallest absolute Gasteiger partial charge is 0.151 e. The number of fused-ring (bicyclic) bond motifs is 1. The molecule has 124 valence electrons. The molecular formula is C17H24N4O2. The lowest BCUT2D eigenvalue weighted by atomic mass is 9.87. The maximum Gasteiger partial charge on any atom is 0.151 e. The number of aliphatic hydroxyl groups is 1. The lowest BCUT2D eigenvalue weighted by Crippen LogP contribution is -2.17. The third-order valence-corrected chi connectivity index (χ3v) is 5.09. The minimum Gasteiger partial charge on any atom is -0.394 e. The Kier molecular flexibility index (Phi) is 4.18. The first-order valence-corrected chi connectivity index (χ1v) is 8.66. The molecule has 1 fully saturated rings. The van der Waals surface area contributed by atoms with E-state index in [1.807, 2.05) is 10.9 Å². The van der Waals surface area contributed by atoms with Crippen molar-refractivity contribution in [3.8, 4) is 0 Å². The Morgan fingerprint density at radius 1 is 1.22 bits per heavy atom. The molecule has 2 aromatic heterocycles. The summed E-state index contributed by atoms with van der Waals surface area (Å²) in [6, 6.07) is 2.15. The molecule has 4 rings (SSSR count). The predicted octanol–water partition coefficient (Wildman–Crippen LogP) is 2.43. The lowest BCUT2D eigenvalue weighted by molar-refractivity contribution is 0.225. The zero-order valence-electron chi connectivity index (χ0n) is 13.4. The molecule has 3 heterocycles. The fourth-order valence-corrected chi connectivity index (χ4v) is 3.89. The number of rotatable bonds is 5. The molecule has 2 aromatic rings. The van der Waals surface area contributed by atoms with Crippen LogP contribution in [0, 0.1) is 0 Å². The normalized spacial score (nSPS) is 19.3. The van der Waals surface area contributed by atoms with Gasteiger partial charge in [-0.1, -0.05) is 24.4 Å². The maximum atomic E-state index is 9.10. The molecule has 1 N–H and O–H groups in total. The van der Waals surface area contributed by atoms with Crippen LogP contribution in [0.5, 0.6) is 0 Å². The second kappa shape index (κ2) is 6.45. The first kappa shape index (κ1) is 14.9. The summed E-state index contributed by atoms with van der Waals surface area (Å²) in [6.45, 7) is 3.22. The summed E-state index contributed by atoms with van der Waals surface area (Å²) >= 11 is 0. The summed E-state index contributed by atoms with van der Waals surface area (Å²) in [5.74, 6) is 1.55. The van der Waals surface area contributed by atoms with Gasteiger partial charge in [-0.25, -0.2) is 0 Å². The Morgan fingerprint density at radius 2 is 2.09 bits per heavy atom. The van der Waals surface area contributed by atoms with Crippen molar-refractivity contribution in [1.82, 2.24) is 19.8 Å². The Labute approximate surface area is 136 Å². The zero-order valence-corrected chi connectivity index (χ0v) is 13.4. The van der Waals surface area contributed by atoms with Gasteiger partial charge < -0.3 is 9.63 Å². The third kappa shape index (κ3) is 3.05. The molecule has 0 spiro atoms. The largest absolute Gasteiger partial charge is 0.394 e. The van der Waals surface area contributed by atoms with Gasteiger partial charge in [0.05, 0.1) is 37.3 Å². The molecular weight excluding hydrogens is 292 g/mol. The van der Waals surface area contributed by atoms with E-state index in [1.54, 1.807) is 0 Å². The summed E-state index contributed by atoms with van der Waals surface area (Å²) in [5.41, 5.74) is 3.61. The third-order valence-electron chi connectivity index (χ3n) is 5.09. The van der Waals surface area contributed by atoms with Crippen LogP contribution in [0.25, 0.3) is 0 Å². The highest BCUT2D eigenvalue weighted by Crippen LogP contribution is 2.32. The SMILES string of the molecule is OCCn1ncc2c1CN(Cc1cc(C3CCCCC3)no1)C2. The van der Waals surface area contributed by atoms with Crippen LogP contribution >= 0.6 is 0 Å². The Balaban J connectivity index is 1.39. The maximum absolute atomic E-state index is 9.10. The monoisotopic (exact) mass is 316 g/mol. The Morgan fingerprint density at radius 3 is 2.91 bits per heavy atom. The van der Waals surface area contributed by atoms with Crippen molar-refractivity contribution < 1.29 is 9.63 Å². The van der Waals surface area contributed by atoms with Crippen molar-refractivity contribution in [1.29, 1.82) is 0 Å². The first-order valence-electron chi connectivity index (χ1n) is 8.66. The average molecular weight is 316 g/mol. The van der Waals surface area contributed by atoms with E-state index < -0.39 is 0 Å².